The second-order valence-corrected chi connectivity index (χ2v) is 6.50. The molecular formula is C14H22N4O2S. The Morgan fingerprint density at radius 2 is 2.14 bits per heavy atom. The van der Waals surface area contributed by atoms with Gasteiger partial charge in [0.1, 0.15) is 5.01 Å². The summed E-state index contributed by atoms with van der Waals surface area (Å²) in [5.41, 5.74) is 0. The Bertz CT molecular complexity index is 503. The van der Waals surface area contributed by atoms with Gasteiger partial charge >= 0.3 is 0 Å². The first kappa shape index (κ1) is 15.9. The first-order valence-electron chi connectivity index (χ1n) is 7.49. The van der Waals surface area contributed by atoms with E-state index in [1.807, 2.05) is 11.8 Å². The molecule has 0 bridgehead atoms. The molecule has 6 nitrogen and oxygen atoms in total. The highest BCUT2D eigenvalue weighted by molar-refractivity contribution is 7.15. The van der Waals surface area contributed by atoms with Gasteiger partial charge in [-0.3, -0.25) is 9.59 Å². The van der Waals surface area contributed by atoms with E-state index in [-0.39, 0.29) is 24.7 Å². The van der Waals surface area contributed by atoms with Crippen molar-refractivity contribution in [3.05, 3.63) is 5.01 Å². The van der Waals surface area contributed by atoms with Crippen LogP contribution in [0.15, 0.2) is 0 Å². The van der Waals surface area contributed by atoms with Crippen molar-refractivity contribution < 1.29 is 9.59 Å². The SMILES string of the molecule is CC[C@@H]1CCCCN1C(=O)CCC(=O)Nc1nnc(C)s1. The molecule has 116 valence electrons. The maximum absolute atomic E-state index is 12.2. The highest BCUT2D eigenvalue weighted by Gasteiger charge is 2.25. The van der Waals surface area contributed by atoms with Crippen molar-refractivity contribution in [3.8, 4) is 0 Å². The second kappa shape index (κ2) is 7.49. The molecule has 0 saturated carbocycles. The second-order valence-electron chi connectivity index (χ2n) is 5.32. The highest BCUT2D eigenvalue weighted by Crippen LogP contribution is 2.21. The standard InChI is InChI=1S/C14H22N4O2S/c1-3-11-6-4-5-9-18(11)13(20)8-7-12(19)15-14-17-16-10(2)21-14/h11H,3-9H2,1-2H3,(H,15,17,19)/t11-/m1/s1. The predicted molar refractivity (Wildman–Crippen MR) is 82.2 cm³/mol. The maximum Gasteiger partial charge on any atom is 0.226 e. The summed E-state index contributed by atoms with van der Waals surface area (Å²) in [6.07, 6.45) is 4.79. The Kier molecular flexibility index (Phi) is 5.67. The molecule has 1 fully saturated rings. The van der Waals surface area contributed by atoms with Crippen LogP contribution in [0, 0.1) is 6.92 Å². The van der Waals surface area contributed by atoms with Crippen LogP contribution in [-0.2, 0) is 9.59 Å². The highest BCUT2D eigenvalue weighted by atomic mass is 32.1. The lowest BCUT2D eigenvalue weighted by Gasteiger charge is -2.35. The lowest BCUT2D eigenvalue weighted by atomic mass is 9.99. The van der Waals surface area contributed by atoms with Crippen LogP contribution in [0.3, 0.4) is 0 Å². The van der Waals surface area contributed by atoms with Gasteiger partial charge in [0.2, 0.25) is 16.9 Å². The first-order valence-corrected chi connectivity index (χ1v) is 8.31. The number of carbonyl (C=O) groups is 2. The summed E-state index contributed by atoms with van der Waals surface area (Å²) >= 11 is 1.33. The number of aromatic nitrogens is 2. The summed E-state index contributed by atoms with van der Waals surface area (Å²) in [7, 11) is 0. The number of piperidine rings is 1. The Labute approximate surface area is 128 Å². The molecule has 2 rings (SSSR count). The number of hydrogen-bond donors (Lipinski definition) is 1. The van der Waals surface area contributed by atoms with Crippen molar-refractivity contribution in [2.24, 2.45) is 0 Å². The first-order chi connectivity index (χ1) is 10.1. The molecule has 1 atom stereocenters. The Balaban J connectivity index is 1.78. The van der Waals surface area contributed by atoms with Crippen LogP contribution in [0.2, 0.25) is 0 Å². The number of hydrogen-bond acceptors (Lipinski definition) is 5. The molecule has 1 aliphatic rings. The van der Waals surface area contributed by atoms with Crippen LogP contribution in [0.4, 0.5) is 5.13 Å². The topological polar surface area (TPSA) is 75.2 Å². The molecule has 1 aromatic rings. The van der Waals surface area contributed by atoms with E-state index in [2.05, 4.69) is 22.4 Å². The lowest BCUT2D eigenvalue weighted by molar-refractivity contribution is -0.136. The van der Waals surface area contributed by atoms with Crippen molar-refractivity contribution in [3.63, 3.8) is 0 Å². The quantitative estimate of drug-likeness (QED) is 0.906. The van der Waals surface area contributed by atoms with Gasteiger partial charge < -0.3 is 10.2 Å². The van der Waals surface area contributed by atoms with Gasteiger partial charge in [-0.2, -0.15) is 0 Å². The number of carbonyl (C=O) groups excluding carboxylic acids is 2. The summed E-state index contributed by atoms with van der Waals surface area (Å²) < 4.78 is 0. The Morgan fingerprint density at radius 3 is 2.81 bits per heavy atom. The fourth-order valence-electron chi connectivity index (χ4n) is 2.65. The van der Waals surface area contributed by atoms with Crippen molar-refractivity contribution in [2.75, 3.05) is 11.9 Å². The molecule has 1 N–H and O–H groups in total. The van der Waals surface area contributed by atoms with Gasteiger partial charge in [-0.15, -0.1) is 10.2 Å². The summed E-state index contributed by atoms with van der Waals surface area (Å²) in [4.78, 5) is 26.0. The van der Waals surface area contributed by atoms with Gasteiger partial charge in [0.25, 0.3) is 0 Å². The number of anilines is 1. The molecule has 0 aliphatic carbocycles. The molecule has 2 amide bonds. The van der Waals surface area contributed by atoms with Crippen molar-refractivity contribution in [1.82, 2.24) is 15.1 Å². The number of likely N-dealkylation sites (tertiary alicyclic amines) is 1. The molecule has 0 spiro atoms. The summed E-state index contributed by atoms with van der Waals surface area (Å²) in [5, 5.41) is 11.7. The van der Waals surface area contributed by atoms with E-state index in [0.717, 1.165) is 30.8 Å². The molecule has 1 saturated heterocycles. The predicted octanol–water partition coefficient (Wildman–Crippen LogP) is 2.36. The maximum atomic E-state index is 12.2. The average molecular weight is 310 g/mol. The fraction of sp³-hybridized carbons (Fsp3) is 0.714. The molecule has 21 heavy (non-hydrogen) atoms. The van der Waals surface area contributed by atoms with Crippen LogP contribution in [-0.4, -0.2) is 39.5 Å². The van der Waals surface area contributed by atoms with Crippen molar-refractivity contribution in [1.29, 1.82) is 0 Å². The molecule has 2 heterocycles. The van der Waals surface area contributed by atoms with E-state index in [0.29, 0.717) is 11.2 Å². The lowest BCUT2D eigenvalue weighted by Crippen LogP contribution is -2.43. The normalized spacial score (nSPS) is 18.6. The number of nitrogens with zero attached hydrogens (tertiary/aromatic N) is 3. The van der Waals surface area contributed by atoms with Crippen molar-refractivity contribution in [2.45, 2.75) is 58.4 Å². The zero-order valence-electron chi connectivity index (χ0n) is 12.6. The molecule has 7 heteroatoms. The third-order valence-electron chi connectivity index (χ3n) is 3.76. The summed E-state index contributed by atoms with van der Waals surface area (Å²) in [5.74, 6) is -0.0882. The van der Waals surface area contributed by atoms with E-state index in [1.54, 1.807) is 0 Å². The van der Waals surface area contributed by atoms with Crippen LogP contribution in [0.1, 0.15) is 50.5 Å². The van der Waals surface area contributed by atoms with Gasteiger partial charge in [-0.05, 0) is 32.6 Å². The number of aryl methyl sites for hydroxylation is 1. The molecular weight excluding hydrogens is 288 g/mol. The average Bonchev–Trinajstić information content (AvgIpc) is 2.89. The minimum Gasteiger partial charge on any atom is -0.340 e. The molecule has 0 aromatic carbocycles. The van der Waals surface area contributed by atoms with Gasteiger partial charge in [0.15, 0.2) is 0 Å². The molecule has 1 aromatic heterocycles. The number of amides is 2. The third-order valence-corrected chi connectivity index (χ3v) is 4.51. The minimum absolute atomic E-state index is 0.0881. The van der Waals surface area contributed by atoms with Crippen LogP contribution in [0.5, 0.6) is 0 Å². The van der Waals surface area contributed by atoms with Gasteiger partial charge in [-0.1, -0.05) is 18.3 Å². The van der Waals surface area contributed by atoms with Gasteiger partial charge in [0, 0.05) is 25.4 Å². The Hall–Kier alpha value is -1.50. The van der Waals surface area contributed by atoms with E-state index in [9.17, 15) is 9.59 Å². The smallest absolute Gasteiger partial charge is 0.226 e. The summed E-state index contributed by atoms with van der Waals surface area (Å²) in [6, 6.07) is 0.347. The van der Waals surface area contributed by atoms with E-state index < -0.39 is 0 Å². The monoisotopic (exact) mass is 310 g/mol. The van der Waals surface area contributed by atoms with Crippen LogP contribution >= 0.6 is 11.3 Å². The molecule has 0 radical (unpaired) electrons. The molecule has 0 unspecified atom stereocenters. The Morgan fingerprint density at radius 1 is 1.33 bits per heavy atom. The van der Waals surface area contributed by atoms with Crippen LogP contribution < -0.4 is 5.32 Å². The number of nitrogens with one attached hydrogen (secondary N) is 1. The van der Waals surface area contributed by atoms with Gasteiger partial charge in [-0.25, -0.2) is 0 Å². The van der Waals surface area contributed by atoms with E-state index >= 15 is 0 Å². The molecule has 1 aliphatic heterocycles. The summed E-state index contributed by atoms with van der Waals surface area (Å²) in [6.45, 7) is 4.77. The van der Waals surface area contributed by atoms with E-state index in [1.165, 1.54) is 17.8 Å². The van der Waals surface area contributed by atoms with Gasteiger partial charge in [0.05, 0.1) is 0 Å². The number of rotatable bonds is 5. The van der Waals surface area contributed by atoms with Crippen LogP contribution in [0.25, 0.3) is 0 Å². The largest absolute Gasteiger partial charge is 0.340 e. The van der Waals surface area contributed by atoms with Crippen molar-refractivity contribution >= 4 is 28.3 Å². The van der Waals surface area contributed by atoms with E-state index in [4.69, 9.17) is 0 Å². The fourth-order valence-corrected chi connectivity index (χ4v) is 3.25. The zero-order valence-corrected chi connectivity index (χ0v) is 13.4. The zero-order chi connectivity index (χ0) is 15.2. The minimum atomic E-state index is -0.176. The third kappa shape index (κ3) is 4.49.